The molecule has 0 unspecified atom stereocenters. The number of hydrogen-bond donors (Lipinski definition) is 0. The maximum atomic E-state index is 10.6. The molecular formula is C9HCl17O2. The summed E-state index contributed by atoms with van der Waals surface area (Å²) in [6, 6.07) is 0. The van der Waals surface area contributed by atoms with E-state index in [-0.39, 0.29) is 6.47 Å². The average Bonchev–Trinajstić information content (AvgIpc) is 2.44. The summed E-state index contributed by atoms with van der Waals surface area (Å²) in [7, 11) is 0. The van der Waals surface area contributed by atoms with Gasteiger partial charge in [0.1, 0.15) is 0 Å². The Balaban J connectivity index is 6.67. The predicted octanol–water partition coefficient (Wildman–Crippen LogP) is 9.70. The topological polar surface area (TPSA) is 26.3 Å². The standard InChI is InChI=1S/C9HCl17O2/c10-2(11,4(14,15)6(18,19)8(22,23)24)3(12,13)5(16,17)7(20,21)9(25,26)28-1-27/h1H. The molecule has 0 aromatic heterocycles. The molecule has 0 atom stereocenters. The van der Waals surface area contributed by atoms with Crippen LogP contribution in [0.25, 0.3) is 0 Å². The van der Waals surface area contributed by atoms with Gasteiger partial charge in [0.15, 0.2) is 17.3 Å². The minimum Gasteiger partial charge on any atom is -0.427 e. The lowest BCUT2D eigenvalue weighted by Crippen LogP contribution is -2.70. The van der Waals surface area contributed by atoms with Crippen LogP contribution in [0.1, 0.15) is 0 Å². The van der Waals surface area contributed by atoms with E-state index in [0.29, 0.717) is 0 Å². The maximum Gasteiger partial charge on any atom is 0.297 e. The second-order valence-corrected chi connectivity index (χ2v) is 16.2. The molecule has 0 rings (SSSR count). The van der Waals surface area contributed by atoms with E-state index in [2.05, 4.69) is 4.74 Å². The molecule has 19 heteroatoms. The van der Waals surface area contributed by atoms with Crippen LogP contribution in [0.2, 0.25) is 0 Å². The molecule has 0 aliphatic carbocycles. The van der Waals surface area contributed by atoms with Crippen LogP contribution in [-0.2, 0) is 9.53 Å². The monoisotopic (exact) mass is 735 g/mol. The summed E-state index contributed by atoms with van der Waals surface area (Å²) >= 11 is 101. The number of ether oxygens (including phenoxy) is 1. The van der Waals surface area contributed by atoms with Gasteiger partial charge in [0.25, 0.3) is 11.0 Å². The first-order chi connectivity index (χ1) is 11.8. The van der Waals surface area contributed by atoms with E-state index in [9.17, 15) is 4.79 Å². The molecule has 0 fully saturated rings. The molecule has 0 aliphatic rings. The number of carbonyl (C=O) groups is 1. The SMILES string of the molecule is O=COC(Cl)(Cl)C(Cl)(Cl)C(Cl)(Cl)C(Cl)(Cl)C(Cl)(Cl)C(Cl)(Cl)C(Cl)(Cl)C(Cl)(Cl)Cl. The van der Waals surface area contributed by atoms with Crippen LogP contribution in [0.5, 0.6) is 0 Å². The van der Waals surface area contributed by atoms with E-state index in [1.807, 2.05) is 0 Å². The van der Waals surface area contributed by atoms with Gasteiger partial charge in [0.05, 0.1) is 0 Å². The van der Waals surface area contributed by atoms with Crippen LogP contribution in [0.3, 0.4) is 0 Å². The minimum atomic E-state index is -3.09. The second-order valence-electron chi connectivity index (χ2n) is 4.67. The Morgan fingerprint density at radius 3 is 0.929 bits per heavy atom. The largest absolute Gasteiger partial charge is 0.427 e. The Hall–Kier alpha value is 4.40. The van der Waals surface area contributed by atoms with Crippen molar-refractivity contribution in [2.45, 2.75) is 34.3 Å². The number of alkyl halides is 17. The van der Waals surface area contributed by atoms with Gasteiger partial charge < -0.3 is 4.74 Å². The number of hydrogen-bond acceptors (Lipinski definition) is 2. The van der Waals surface area contributed by atoms with Crippen molar-refractivity contribution < 1.29 is 9.53 Å². The summed E-state index contributed by atoms with van der Waals surface area (Å²) in [5, 5.41) is 0. The van der Waals surface area contributed by atoms with E-state index < -0.39 is 34.3 Å². The molecule has 0 radical (unpaired) electrons. The van der Waals surface area contributed by atoms with Crippen LogP contribution in [0.4, 0.5) is 0 Å². The highest BCUT2D eigenvalue weighted by Gasteiger charge is 2.81. The predicted molar refractivity (Wildman–Crippen MR) is 128 cm³/mol. The smallest absolute Gasteiger partial charge is 0.297 e. The van der Waals surface area contributed by atoms with Gasteiger partial charge in [-0.2, -0.15) is 0 Å². The lowest BCUT2D eigenvalue weighted by Gasteiger charge is -2.53. The van der Waals surface area contributed by atoms with Gasteiger partial charge in [-0.05, 0) is 0 Å². The Morgan fingerprint density at radius 1 is 0.429 bits per heavy atom. The summed E-state index contributed by atoms with van der Waals surface area (Å²) in [5.41, 5.74) is 0. The van der Waals surface area contributed by atoms with Crippen molar-refractivity contribution in [3.63, 3.8) is 0 Å². The highest BCUT2D eigenvalue weighted by atomic mass is 35.6. The van der Waals surface area contributed by atoms with Gasteiger partial charge in [0, 0.05) is 0 Å². The van der Waals surface area contributed by atoms with Gasteiger partial charge in [-0.1, -0.05) is 197 Å². The van der Waals surface area contributed by atoms with Crippen molar-refractivity contribution in [2.24, 2.45) is 0 Å². The Labute approximate surface area is 244 Å². The van der Waals surface area contributed by atoms with Crippen LogP contribution >= 0.6 is 197 Å². The van der Waals surface area contributed by atoms with Crippen molar-refractivity contribution in [3.8, 4) is 0 Å². The molecule has 0 aromatic carbocycles. The second kappa shape index (κ2) is 9.81. The lowest BCUT2D eigenvalue weighted by atomic mass is 10.0. The number of halogens is 17. The molecule has 168 valence electrons. The van der Waals surface area contributed by atoms with Gasteiger partial charge >= 0.3 is 0 Å². The van der Waals surface area contributed by atoms with Gasteiger partial charge in [-0.15, -0.1) is 0 Å². The maximum absolute atomic E-state index is 10.6. The fourth-order valence-electron chi connectivity index (χ4n) is 1.28. The molecule has 0 saturated carbocycles. The number of carbonyl (C=O) groups excluding carboxylic acids is 1. The van der Waals surface area contributed by atoms with Crippen molar-refractivity contribution in [2.75, 3.05) is 0 Å². The fourth-order valence-corrected chi connectivity index (χ4v) is 6.23. The summed E-state index contributed by atoms with van der Waals surface area (Å²) < 4.78 is -19.2. The van der Waals surface area contributed by atoms with E-state index in [1.165, 1.54) is 0 Å². The molecule has 0 aromatic rings. The Morgan fingerprint density at radius 2 is 0.679 bits per heavy atom. The van der Waals surface area contributed by atoms with Crippen LogP contribution in [0.15, 0.2) is 0 Å². The number of rotatable bonds is 8. The zero-order valence-electron chi connectivity index (χ0n) is 11.8. The first-order valence-electron chi connectivity index (χ1n) is 5.64. The third-order valence-corrected chi connectivity index (χ3v) is 14.2. The molecule has 0 saturated heterocycles. The average molecular weight is 744 g/mol. The first-order valence-corrected chi connectivity index (χ1v) is 12.1. The molecule has 0 heterocycles. The van der Waals surface area contributed by atoms with Gasteiger partial charge in [0.2, 0.25) is 12.5 Å². The third kappa shape index (κ3) is 5.15. The van der Waals surface area contributed by atoms with Crippen LogP contribution in [0, 0.1) is 0 Å². The van der Waals surface area contributed by atoms with E-state index in [1.54, 1.807) is 0 Å². The van der Waals surface area contributed by atoms with Crippen molar-refractivity contribution in [3.05, 3.63) is 0 Å². The molecule has 2 nitrogen and oxygen atoms in total. The van der Waals surface area contributed by atoms with E-state index >= 15 is 0 Å². The third-order valence-electron chi connectivity index (χ3n) is 2.89. The molecule has 0 N–H and O–H groups in total. The van der Waals surface area contributed by atoms with Crippen molar-refractivity contribution in [1.29, 1.82) is 0 Å². The van der Waals surface area contributed by atoms with E-state index in [4.69, 9.17) is 197 Å². The van der Waals surface area contributed by atoms with Gasteiger partial charge in [-0.3, -0.25) is 4.79 Å². The van der Waals surface area contributed by atoms with Crippen LogP contribution in [-0.4, -0.2) is 40.8 Å². The summed E-state index contributed by atoms with van der Waals surface area (Å²) in [6.45, 7) is -0.249. The summed E-state index contributed by atoms with van der Waals surface area (Å²) in [4.78, 5) is 10.6. The highest BCUT2D eigenvalue weighted by Crippen LogP contribution is 2.72. The molecule has 0 aliphatic heterocycles. The summed E-state index contributed by atoms with van der Waals surface area (Å²) in [6.07, 6.45) is 0. The Bertz CT molecular complexity index is 588. The minimum absolute atomic E-state index is 0.249. The molecule has 0 bridgehead atoms. The summed E-state index contributed by atoms with van der Waals surface area (Å²) in [5.74, 6) is 0. The molecule has 0 amide bonds. The fraction of sp³-hybridized carbons (Fsp3) is 0.889. The van der Waals surface area contributed by atoms with Gasteiger partial charge in [-0.25, -0.2) is 0 Å². The zero-order chi connectivity index (χ0) is 23.4. The lowest BCUT2D eigenvalue weighted by molar-refractivity contribution is -0.132. The molecule has 28 heavy (non-hydrogen) atoms. The van der Waals surface area contributed by atoms with Crippen LogP contribution < -0.4 is 0 Å². The normalized spacial score (nSPS) is 16.2. The van der Waals surface area contributed by atoms with Crippen molar-refractivity contribution in [1.82, 2.24) is 0 Å². The molecule has 0 spiro atoms. The van der Waals surface area contributed by atoms with Crippen molar-refractivity contribution >= 4 is 204 Å². The quantitative estimate of drug-likeness (QED) is 0.183. The Kier molecular flexibility index (Phi) is 11.3. The zero-order valence-corrected chi connectivity index (χ0v) is 24.7. The highest BCUT2D eigenvalue weighted by molar-refractivity contribution is 6.83. The molecular weight excluding hydrogens is 743 g/mol. The first kappa shape index (κ1) is 32.4. The van der Waals surface area contributed by atoms with E-state index in [0.717, 1.165) is 0 Å².